The normalized spacial score (nSPS) is 44.8. The molecule has 2 saturated carbocycles. The van der Waals surface area contributed by atoms with Gasteiger partial charge in [-0.15, -0.1) is 11.8 Å². The molecule has 1 spiro atoms. The molecular weight excluding hydrogens is 278 g/mol. The lowest BCUT2D eigenvalue weighted by Crippen LogP contribution is -2.52. The van der Waals surface area contributed by atoms with Gasteiger partial charge in [0.1, 0.15) is 0 Å². The quantitative estimate of drug-likeness (QED) is 0.810. The van der Waals surface area contributed by atoms with Gasteiger partial charge in [-0.2, -0.15) is 5.06 Å². The minimum absolute atomic E-state index is 0.401. The molecule has 2 aliphatic heterocycles. The Bertz CT molecular complexity index is 545. The Morgan fingerprint density at radius 3 is 2.81 bits per heavy atom. The van der Waals surface area contributed by atoms with E-state index >= 15 is 0 Å². The van der Waals surface area contributed by atoms with Crippen molar-refractivity contribution >= 4 is 11.8 Å². The van der Waals surface area contributed by atoms with Gasteiger partial charge in [-0.25, -0.2) is 0 Å². The largest absolute Gasteiger partial charge is 0.295 e. The molecule has 0 unspecified atom stereocenters. The van der Waals surface area contributed by atoms with Crippen LogP contribution in [0.4, 0.5) is 0 Å². The summed E-state index contributed by atoms with van der Waals surface area (Å²) in [6, 6.07) is 11.7. The van der Waals surface area contributed by atoms with Crippen LogP contribution in [0.2, 0.25) is 0 Å². The topological polar surface area (TPSA) is 12.5 Å². The van der Waals surface area contributed by atoms with Crippen molar-refractivity contribution in [3.8, 4) is 0 Å². The van der Waals surface area contributed by atoms with Gasteiger partial charge in [0.25, 0.3) is 0 Å². The van der Waals surface area contributed by atoms with Crippen molar-refractivity contribution < 1.29 is 4.84 Å². The minimum atomic E-state index is 0.401. The molecule has 3 heteroatoms. The lowest BCUT2D eigenvalue weighted by Gasteiger charge is -2.48. The predicted molar refractivity (Wildman–Crippen MR) is 85.1 cm³/mol. The van der Waals surface area contributed by atoms with E-state index in [1.165, 1.54) is 49.8 Å². The molecule has 5 rings (SSSR count). The Morgan fingerprint density at radius 2 is 1.90 bits per heavy atom. The highest BCUT2D eigenvalue weighted by atomic mass is 32.2. The average Bonchev–Trinajstić information content (AvgIpc) is 3.13. The summed E-state index contributed by atoms with van der Waals surface area (Å²) in [5.41, 5.74) is 0.483. The van der Waals surface area contributed by atoms with E-state index in [0.717, 1.165) is 6.54 Å². The minimum Gasteiger partial charge on any atom is -0.295 e. The molecule has 4 fully saturated rings. The van der Waals surface area contributed by atoms with Crippen LogP contribution < -0.4 is 0 Å². The monoisotopic (exact) mass is 301 g/mol. The van der Waals surface area contributed by atoms with E-state index in [9.17, 15) is 0 Å². The predicted octanol–water partition coefficient (Wildman–Crippen LogP) is 4.26. The third kappa shape index (κ3) is 1.68. The van der Waals surface area contributed by atoms with Crippen LogP contribution in [0.25, 0.3) is 0 Å². The van der Waals surface area contributed by atoms with Crippen LogP contribution >= 0.6 is 11.8 Å². The summed E-state index contributed by atoms with van der Waals surface area (Å²) in [7, 11) is 0. The number of hydrogen-bond donors (Lipinski definition) is 0. The van der Waals surface area contributed by atoms with E-state index in [-0.39, 0.29) is 0 Å². The first-order valence-electron chi connectivity index (χ1n) is 8.50. The molecule has 112 valence electrons. The van der Waals surface area contributed by atoms with E-state index in [1.807, 2.05) is 0 Å². The average molecular weight is 301 g/mol. The van der Waals surface area contributed by atoms with Crippen molar-refractivity contribution in [3.63, 3.8) is 0 Å². The van der Waals surface area contributed by atoms with E-state index in [1.54, 1.807) is 0 Å². The second-order valence-electron chi connectivity index (χ2n) is 7.35. The van der Waals surface area contributed by atoms with E-state index in [0.29, 0.717) is 22.3 Å². The Morgan fingerprint density at radius 1 is 1.05 bits per heavy atom. The molecule has 0 amide bonds. The Balaban J connectivity index is 1.54. The van der Waals surface area contributed by atoms with E-state index in [4.69, 9.17) is 4.84 Å². The maximum absolute atomic E-state index is 6.40. The SMILES string of the molecule is c1ccc(S[C@]23CCC[C@@]45CCC[C@H]4ON(CC2)[C@@H]35)cc1. The number of thioether (sulfide) groups is 1. The van der Waals surface area contributed by atoms with Gasteiger partial charge in [-0.1, -0.05) is 31.0 Å². The molecule has 0 radical (unpaired) electrons. The Kier molecular flexibility index (Phi) is 2.78. The van der Waals surface area contributed by atoms with Gasteiger partial charge in [0.2, 0.25) is 0 Å². The molecule has 4 atom stereocenters. The molecule has 2 nitrogen and oxygen atoms in total. The molecule has 2 aliphatic carbocycles. The zero-order valence-corrected chi connectivity index (χ0v) is 13.3. The summed E-state index contributed by atoms with van der Waals surface area (Å²) in [4.78, 5) is 7.84. The van der Waals surface area contributed by atoms with Crippen molar-refractivity contribution in [2.24, 2.45) is 5.41 Å². The summed E-state index contributed by atoms with van der Waals surface area (Å²) in [6.07, 6.45) is 10.0. The second kappa shape index (κ2) is 4.50. The summed E-state index contributed by atoms with van der Waals surface area (Å²) >= 11 is 2.15. The first-order chi connectivity index (χ1) is 10.3. The van der Waals surface area contributed by atoms with Crippen LogP contribution in [0.1, 0.15) is 44.9 Å². The third-order valence-corrected chi connectivity index (χ3v) is 7.95. The zero-order valence-electron chi connectivity index (χ0n) is 12.5. The van der Waals surface area contributed by atoms with Gasteiger partial charge >= 0.3 is 0 Å². The van der Waals surface area contributed by atoms with Gasteiger partial charge in [-0.3, -0.25) is 4.84 Å². The summed E-state index contributed by atoms with van der Waals surface area (Å²) in [5, 5.41) is 2.40. The van der Waals surface area contributed by atoms with Crippen molar-refractivity contribution in [2.75, 3.05) is 6.54 Å². The van der Waals surface area contributed by atoms with Crippen molar-refractivity contribution in [3.05, 3.63) is 30.3 Å². The highest BCUT2D eigenvalue weighted by molar-refractivity contribution is 8.00. The van der Waals surface area contributed by atoms with Crippen LogP contribution in [0, 0.1) is 5.41 Å². The van der Waals surface area contributed by atoms with E-state index in [2.05, 4.69) is 47.2 Å². The number of nitrogens with zero attached hydrogens (tertiary/aromatic N) is 1. The van der Waals surface area contributed by atoms with Gasteiger partial charge in [-0.05, 0) is 44.2 Å². The van der Waals surface area contributed by atoms with Crippen molar-refractivity contribution in [1.82, 2.24) is 5.06 Å². The van der Waals surface area contributed by atoms with Crippen LogP contribution in [0.15, 0.2) is 35.2 Å². The zero-order chi connectivity index (χ0) is 13.9. The van der Waals surface area contributed by atoms with Crippen LogP contribution in [0.5, 0.6) is 0 Å². The maximum Gasteiger partial charge on any atom is 0.0865 e. The van der Waals surface area contributed by atoms with Crippen LogP contribution in [-0.4, -0.2) is 28.5 Å². The highest BCUT2D eigenvalue weighted by Gasteiger charge is 2.68. The molecule has 1 aromatic rings. The summed E-state index contributed by atoms with van der Waals surface area (Å²) in [6.45, 7) is 1.14. The number of hydrogen-bond acceptors (Lipinski definition) is 3. The van der Waals surface area contributed by atoms with Gasteiger partial charge < -0.3 is 0 Å². The molecule has 0 bridgehead atoms. The molecule has 1 aromatic carbocycles. The van der Waals surface area contributed by atoms with Crippen molar-refractivity contribution in [1.29, 1.82) is 0 Å². The number of benzene rings is 1. The first kappa shape index (κ1) is 13.0. The number of rotatable bonds is 2. The molecule has 0 aromatic heterocycles. The van der Waals surface area contributed by atoms with Gasteiger partial charge in [0, 0.05) is 21.6 Å². The van der Waals surface area contributed by atoms with Crippen molar-refractivity contribution in [2.45, 2.75) is 66.7 Å². The maximum atomic E-state index is 6.40. The van der Waals surface area contributed by atoms with Gasteiger partial charge in [0.15, 0.2) is 0 Å². The highest BCUT2D eigenvalue weighted by Crippen LogP contribution is 2.66. The van der Waals surface area contributed by atoms with Gasteiger partial charge in [0.05, 0.1) is 12.1 Å². The fourth-order valence-corrected chi connectivity index (χ4v) is 7.40. The third-order valence-electron chi connectivity index (χ3n) is 6.41. The fourth-order valence-electron chi connectivity index (χ4n) is 5.73. The lowest BCUT2D eigenvalue weighted by atomic mass is 9.64. The molecule has 4 aliphatic rings. The molecule has 2 heterocycles. The lowest BCUT2D eigenvalue weighted by molar-refractivity contribution is -0.149. The first-order valence-corrected chi connectivity index (χ1v) is 9.32. The molecule has 21 heavy (non-hydrogen) atoms. The Hall–Kier alpha value is -0.510. The Labute approximate surface area is 131 Å². The number of hydroxylamine groups is 2. The fraction of sp³-hybridized carbons (Fsp3) is 0.667. The van der Waals surface area contributed by atoms with Crippen LogP contribution in [0.3, 0.4) is 0 Å². The standard InChI is InChI=1S/C18H23NOS/c1-2-6-14(7-3-1)21-18-11-5-10-17-9-4-8-15(17)20-19(13-12-18)16(17)18/h1-3,6-7,15-16H,4-5,8-13H2/t15-,16-,17+,18-/m1/s1. The smallest absolute Gasteiger partial charge is 0.0865 e. The summed E-state index contributed by atoms with van der Waals surface area (Å²) < 4.78 is 0.401. The molecule has 2 saturated heterocycles. The van der Waals surface area contributed by atoms with Crippen LogP contribution in [-0.2, 0) is 4.84 Å². The second-order valence-corrected chi connectivity index (χ2v) is 8.83. The molecular formula is C18H23NOS. The summed E-state index contributed by atoms with van der Waals surface area (Å²) in [5.74, 6) is 0. The van der Waals surface area contributed by atoms with E-state index < -0.39 is 0 Å². The molecule has 0 N–H and O–H groups in total.